The summed E-state index contributed by atoms with van der Waals surface area (Å²) in [6, 6.07) is 7.55. The molecule has 2 N–H and O–H groups in total. The molecule has 1 heterocycles. The third kappa shape index (κ3) is 4.00. The van der Waals surface area contributed by atoms with Gasteiger partial charge >= 0.3 is 0 Å². The predicted molar refractivity (Wildman–Crippen MR) is 109 cm³/mol. The van der Waals surface area contributed by atoms with Crippen molar-refractivity contribution in [1.29, 1.82) is 5.26 Å². The van der Waals surface area contributed by atoms with Crippen LogP contribution >= 0.6 is 0 Å². The van der Waals surface area contributed by atoms with Gasteiger partial charge in [-0.3, -0.25) is 4.79 Å². The van der Waals surface area contributed by atoms with Crippen molar-refractivity contribution < 1.29 is 19.0 Å². The van der Waals surface area contributed by atoms with Gasteiger partial charge < -0.3 is 19.9 Å². The summed E-state index contributed by atoms with van der Waals surface area (Å²) in [5.41, 5.74) is 7.34. The normalized spacial score (nSPS) is 20.5. The molecule has 0 bridgehead atoms. The summed E-state index contributed by atoms with van der Waals surface area (Å²) in [6.45, 7) is 10.4. The molecule has 0 fully saturated rings. The fourth-order valence-electron chi connectivity index (χ4n) is 3.86. The topological polar surface area (TPSA) is 94.6 Å². The van der Waals surface area contributed by atoms with Gasteiger partial charge in [0.05, 0.1) is 12.5 Å². The summed E-state index contributed by atoms with van der Waals surface area (Å²) in [5.74, 6) is 1.11. The van der Waals surface area contributed by atoms with Crippen LogP contribution in [0.2, 0.25) is 0 Å². The molecular formula is C23H26N2O4. The lowest BCUT2D eigenvalue weighted by atomic mass is 9.70. The zero-order chi connectivity index (χ0) is 21.2. The van der Waals surface area contributed by atoms with Crippen molar-refractivity contribution in [3.8, 4) is 17.6 Å². The zero-order valence-electron chi connectivity index (χ0n) is 17.1. The van der Waals surface area contributed by atoms with Gasteiger partial charge in [-0.15, -0.1) is 0 Å². The second-order valence-corrected chi connectivity index (χ2v) is 7.94. The van der Waals surface area contributed by atoms with Crippen molar-refractivity contribution in [2.45, 2.75) is 39.5 Å². The molecule has 0 saturated carbocycles. The second-order valence-electron chi connectivity index (χ2n) is 7.94. The van der Waals surface area contributed by atoms with Gasteiger partial charge in [-0.1, -0.05) is 32.6 Å². The van der Waals surface area contributed by atoms with Crippen molar-refractivity contribution in [2.75, 3.05) is 13.2 Å². The van der Waals surface area contributed by atoms with E-state index in [0.717, 1.165) is 5.56 Å². The van der Waals surface area contributed by atoms with E-state index in [1.54, 1.807) is 18.2 Å². The molecule has 3 rings (SSSR count). The zero-order valence-corrected chi connectivity index (χ0v) is 17.1. The minimum Gasteiger partial charge on any atom is -0.490 e. The number of nitrogens with zero attached hydrogens (tertiary/aromatic N) is 1. The van der Waals surface area contributed by atoms with Crippen LogP contribution in [0, 0.1) is 16.7 Å². The standard InChI is InChI=1S/C23H26N2O4/c1-5-9-28-17-8-7-14(10-18(17)27-6-2)20-15(13-24)22(25)29-19-12-23(3,4)11-16(26)21(19)20/h5,7-8,10,20H,1,6,9,11-12,25H2,2-4H3/t20-/m1/s1. The highest BCUT2D eigenvalue weighted by Crippen LogP contribution is 2.48. The molecule has 152 valence electrons. The number of hydrogen-bond acceptors (Lipinski definition) is 6. The van der Waals surface area contributed by atoms with Gasteiger partial charge in [0, 0.05) is 18.4 Å². The minimum atomic E-state index is -0.583. The van der Waals surface area contributed by atoms with E-state index in [0.29, 0.717) is 48.9 Å². The van der Waals surface area contributed by atoms with Crippen molar-refractivity contribution in [3.63, 3.8) is 0 Å². The summed E-state index contributed by atoms with van der Waals surface area (Å²) in [5, 5.41) is 9.75. The van der Waals surface area contributed by atoms with Gasteiger partial charge in [0.15, 0.2) is 17.3 Å². The van der Waals surface area contributed by atoms with E-state index >= 15 is 0 Å². The Bertz CT molecular complexity index is 950. The monoisotopic (exact) mass is 394 g/mol. The van der Waals surface area contributed by atoms with E-state index in [4.69, 9.17) is 19.9 Å². The predicted octanol–water partition coefficient (Wildman–Crippen LogP) is 4.10. The van der Waals surface area contributed by atoms with Gasteiger partial charge in [-0.2, -0.15) is 5.26 Å². The second kappa shape index (κ2) is 8.04. The van der Waals surface area contributed by atoms with Gasteiger partial charge in [0.25, 0.3) is 0 Å². The van der Waals surface area contributed by atoms with Crippen LogP contribution in [0.1, 0.15) is 45.1 Å². The molecule has 6 nitrogen and oxygen atoms in total. The number of nitrogens with two attached hydrogens (primary N) is 1. The quantitative estimate of drug-likeness (QED) is 0.730. The van der Waals surface area contributed by atoms with Crippen molar-refractivity contribution in [1.82, 2.24) is 0 Å². The van der Waals surface area contributed by atoms with Crippen LogP contribution in [0.5, 0.6) is 11.5 Å². The number of ether oxygens (including phenoxy) is 3. The van der Waals surface area contributed by atoms with Crippen molar-refractivity contribution >= 4 is 5.78 Å². The molecule has 1 aliphatic heterocycles. The lowest BCUT2D eigenvalue weighted by Crippen LogP contribution is -2.33. The third-order valence-corrected chi connectivity index (χ3v) is 5.03. The van der Waals surface area contributed by atoms with Crippen LogP contribution in [0.3, 0.4) is 0 Å². The number of nitriles is 1. The molecular weight excluding hydrogens is 368 g/mol. The van der Waals surface area contributed by atoms with Crippen LogP contribution < -0.4 is 15.2 Å². The maximum atomic E-state index is 13.0. The van der Waals surface area contributed by atoms with Crippen LogP contribution in [-0.4, -0.2) is 19.0 Å². The van der Waals surface area contributed by atoms with Gasteiger partial charge in [-0.05, 0) is 30.0 Å². The maximum absolute atomic E-state index is 13.0. The van der Waals surface area contributed by atoms with Crippen LogP contribution in [-0.2, 0) is 9.53 Å². The van der Waals surface area contributed by atoms with Crippen molar-refractivity contribution in [3.05, 3.63) is 59.2 Å². The maximum Gasteiger partial charge on any atom is 0.205 e. The van der Waals surface area contributed by atoms with Gasteiger partial charge in [-0.25, -0.2) is 0 Å². The molecule has 0 unspecified atom stereocenters. The Kier molecular flexibility index (Phi) is 5.69. The molecule has 2 aliphatic rings. The number of hydrogen-bond donors (Lipinski definition) is 1. The molecule has 1 atom stereocenters. The molecule has 0 aromatic heterocycles. The SMILES string of the molecule is C=CCOc1ccc([C@@H]2C(C#N)=C(N)OC3=C2C(=O)CC(C)(C)C3)cc1OCC. The first kappa shape index (κ1) is 20.5. The Labute approximate surface area is 171 Å². The minimum absolute atomic E-state index is 0.0218. The Balaban J connectivity index is 2.13. The molecule has 0 amide bonds. The Hall–Kier alpha value is -3.20. The molecule has 1 aromatic carbocycles. The summed E-state index contributed by atoms with van der Waals surface area (Å²) in [4.78, 5) is 13.0. The summed E-state index contributed by atoms with van der Waals surface area (Å²) < 4.78 is 17.1. The number of carbonyl (C=O) groups excluding carboxylic acids is 1. The highest BCUT2D eigenvalue weighted by molar-refractivity contribution is 6.00. The molecule has 0 spiro atoms. The van der Waals surface area contributed by atoms with E-state index in [2.05, 4.69) is 12.6 Å². The summed E-state index contributed by atoms with van der Waals surface area (Å²) >= 11 is 0. The van der Waals surface area contributed by atoms with Gasteiger partial charge in [0.2, 0.25) is 5.88 Å². The molecule has 29 heavy (non-hydrogen) atoms. The van der Waals surface area contributed by atoms with E-state index in [9.17, 15) is 10.1 Å². The smallest absolute Gasteiger partial charge is 0.205 e. The molecule has 0 saturated heterocycles. The molecule has 1 aliphatic carbocycles. The van der Waals surface area contributed by atoms with E-state index < -0.39 is 5.92 Å². The lowest BCUT2D eigenvalue weighted by molar-refractivity contribution is -0.119. The number of carbonyl (C=O) groups is 1. The van der Waals surface area contributed by atoms with Gasteiger partial charge in [0.1, 0.15) is 24.0 Å². The van der Waals surface area contributed by atoms with Crippen LogP contribution in [0.15, 0.2) is 53.6 Å². The van der Waals surface area contributed by atoms with Crippen molar-refractivity contribution in [2.24, 2.45) is 11.1 Å². The summed E-state index contributed by atoms with van der Waals surface area (Å²) in [6.07, 6.45) is 2.63. The highest BCUT2D eigenvalue weighted by Gasteiger charge is 2.43. The number of ketones is 1. The van der Waals surface area contributed by atoms with Crippen LogP contribution in [0.25, 0.3) is 0 Å². The number of rotatable bonds is 6. The fourth-order valence-corrected chi connectivity index (χ4v) is 3.86. The first-order chi connectivity index (χ1) is 13.8. The summed E-state index contributed by atoms with van der Waals surface area (Å²) in [7, 11) is 0. The van der Waals surface area contributed by atoms with E-state index in [1.807, 2.05) is 26.8 Å². The molecule has 1 aromatic rings. The lowest BCUT2D eigenvalue weighted by Gasteiger charge is -2.37. The van der Waals surface area contributed by atoms with Crippen LogP contribution in [0.4, 0.5) is 0 Å². The average Bonchev–Trinajstić information content (AvgIpc) is 2.65. The fraction of sp³-hybridized carbons (Fsp3) is 0.391. The average molecular weight is 394 g/mol. The Morgan fingerprint density at radius 1 is 1.34 bits per heavy atom. The Morgan fingerprint density at radius 2 is 2.10 bits per heavy atom. The molecule has 6 heteroatoms. The van der Waals surface area contributed by atoms with E-state index in [-0.39, 0.29) is 22.7 Å². The highest BCUT2D eigenvalue weighted by atomic mass is 16.5. The van der Waals surface area contributed by atoms with E-state index in [1.165, 1.54) is 0 Å². The molecule has 0 radical (unpaired) electrons. The first-order valence-electron chi connectivity index (χ1n) is 9.65. The first-order valence-corrected chi connectivity index (χ1v) is 9.65. The number of benzene rings is 1. The number of allylic oxidation sites excluding steroid dienone is 3. The number of Topliss-reactive ketones (excluding diaryl/α,β-unsaturated/α-hetero) is 1. The largest absolute Gasteiger partial charge is 0.490 e. The third-order valence-electron chi connectivity index (χ3n) is 5.03. The Morgan fingerprint density at radius 3 is 2.76 bits per heavy atom.